The average Bonchev–Trinajstić information content (AvgIpc) is 2.49. The van der Waals surface area contributed by atoms with E-state index in [-0.39, 0.29) is 5.84 Å². The van der Waals surface area contributed by atoms with Crippen LogP contribution in [0.1, 0.15) is 11.1 Å². The van der Waals surface area contributed by atoms with E-state index in [1.165, 1.54) is 16.4 Å². The lowest BCUT2D eigenvalue weighted by Crippen LogP contribution is -2.33. The minimum absolute atomic E-state index is 0.00881. The van der Waals surface area contributed by atoms with Crippen molar-refractivity contribution in [2.45, 2.75) is 10.9 Å². The van der Waals surface area contributed by atoms with Crippen molar-refractivity contribution in [3.05, 3.63) is 56.1 Å². The van der Waals surface area contributed by atoms with Crippen LogP contribution in [0.3, 0.4) is 0 Å². The van der Waals surface area contributed by atoms with E-state index in [2.05, 4.69) is 15.2 Å². The van der Waals surface area contributed by atoms with Crippen LogP contribution in [0, 0.1) is 0 Å². The van der Waals surface area contributed by atoms with Gasteiger partial charge in [-0.3, -0.25) is 19.4 Å². The number of benzene rings is 1. The fourth-order valence-corrected chi connectivity index (χ4v) is 2.61. The predicted octanol–water partition coefficient (Wildman–Crippen LogP) is -0.145. The second-order valence-electron chi connectivity index (χ2n) is 4.13. The minimum atomic E-state index is -0.833. The number of hydrogen-bond acceptors (Lipinski definition) is 6. The van der Waals surface area contributed by atoms with Crippen LogP contribution in [0.2, 0.25) is 0 Å². The first kappa shape index (κ1) is 14.9. The number of oxime groups is 1. The molecule has 4 N–H and O–H groups in total. The zero-order valence-corrected chi connectivity index (χ0v) is 11.9. The summed E-state index contributed by atoms with van der Waals surface area (Å²) in [4.78, 5) is 26.1. The molecule has 9 heteroatoms. The molecule has 1 aromatic carbocycles. The standard InChI is InChI=1S/C12H13N5O3S/c1-17-12(14-10(18)11(19)15-17)21-6-7-4-2-3-5-8(7)9(13)16-20/h2-5,20H,6H2,1H3,(H2,13,16)(H,15,19). The summed E-state index contributed by atoms with van der Waals surface area (Å²) in [6.07, 6.45) is 0. The highest BCUT2D eigenvalue weighted by Gasteiger charge is 2.09. The Morgan fingerprint density at radius 1 is 1.48 bits per heavy atom. The molecular formula is C12H13N5O3S. The molecule has 1 aromatic heterocycles. The topological polar surface area (TPSA) is 126 Å². The van der Waals surface area contributed by atoms with E-state index >= 15 is 0 Å². The van der Waals surface area contributed by atoms with Crippen LogP contribution in [-0.4, -0.2) is 25.8 Å². The molecule has 21 heavy (non-hydrogen) atoms. The molecule has 1 heterocycles. The first-order chi connectivity index (χ1) is 10.0. The zero-order valence-electron chi connectivity index (χ0n) is 11.1. The molecule has 0 aliphatic rings. The molecule has 0 unspecified atom stereocenters. The molecule has 110 valence electrons. The number of aryl methyl sites for hydroxylation is 1. The van der Waals surface area contributed by atoms with Crippen molar-refractivity contribution < 1.29 is 5.21 Å². The third-order valence-electron chi connectivity index (χ3n) is 2.71. The second-order valence-corrected chi connectivity index (χ2v) is 5.07. The van der Waals surface area contributed by atoms with Crippen LogP contribution < -0.4 is 16.9 Å². The molecule has 0 saturated heterocycles. The van der Waals surface area contributed by atoms with Gasteiger partial charge in [0.1, 0.15) is 0 Å². The highest BCUT2D eigenvalue weighted by atomic mass is 32.2. The Hall–Kier alpha value is -2.55. The molecule has 2 aromatic rings. The first-order valence-corrected chi connectivity index (χ1v) is 6.87. The van der Waals surface area contributed by atoms with E-state index in [4.69, 9.17) is 10.9 Å². The number of H-pyrrole nitrogens is 1. The van der Waals surface area contributed by atoms with Gasteiger partial charge >= 0.3 is 11.1 Å². The molecule has 0 atom stereocenters. The monoisotopic (exact) mass is 307 g/mol. The van der Waals surface area contributed by atoms with Crippen LogP contribution in [0.4, 0.5) is 0 Å². The van der Waals surface area contributed by atoms with Gasteiger partial charge in [0.2, 0.25) is 0 Å². The Bertz CT molecular complexity index is 796. The number of hydrogen-bond donors (Lipinski definition) is 3. The number of aromatic nitrogens is 3. The summed E-state index contributed by atoms with van der Waals surface area (Å²) < 4.78 is 1.38. The second kappa shape index (κ2) is 6.27. The number of rotatable bonds is 4. The number of nitrogens with two attached hydrogens (primary N) is 1. The Morgan fingerprint density at radius 3 is 2.90 bits per heavy atom. The van der Waals surface area contributed by atoms with Crippen molar-refractivity contribution >= 4 is 17.6 Å². The molecule has 0 radical (unpaired) electrons. The van der Waals surface area contributed by atoms with Gasteiger partial charge in [0.15, 0.2) is 11.0 Å². The fraction of sp³-hybridized carbons (Fsp3) is 0.167. The van der Waals surface area contributed by atoms with Gasteiger partial charge in [0, 0.05) is 18.4 Å². The Balaban J connectivity index is 2.27. The molecule has 0 bridgehead atoms. The maximum absolute atomic E-state index is 11.3. The van der Waals surface area contributed by atoms with Crippen LogP contribution in [0.15, 0.2) is 44.2 Å². The molecule has 8 nitrogen and oxygen atoms in total. The molecule has 0 saturated carbocycles. The highest BCUT2D eigenvalue weighted by molar-refractivity contribution is 7.98. The molecule has 0 amide bonds. The maximum Gasteiger partial charge on any atom is 0.339 e. The largest absolute Gasteiger partial charge is 0.409 e. The van der Waals surface area contributed by atoms with Gasteiger partial charge < -0.3 is 10.9 Å². The molecule has 0 aliphatic heterocycles. The molecule has 0 aliphatic carbocycles. The number of thioether (sulfide) groups is 1. The summed E-state index contributed by atoms with van der Waals surface area (Å²) in [5.41, 5.74) is 5.43. The van der Waals surface area contributed by atoms with Crippen molar-refractivity contribution in [2.24, 2.45) is 17.9 Å². The Labute approximate surface area is 123 Å². The average molecular weight is 307 g/mol. The van der Waals surface area contributed by atoms with Gasteiger partial charge in [-0.05, 0) is 5.56 Å². The number of amidine groups is 1. The van der Waals surface area contributed by atoms with E-state index in [1.54, 1.807) is 19.2 Å². The lowest BCUT2D eigenvalue weighted by Gasteiger charge is -2.09. The summed E-state index contributed by atoms with van der Waals surface area (Å²) in [6, 6.07) is 7.15. The van der Waals surface area contributed by atoms with E-state index in [9.17, 15) is 9.59 Å². The maximum atomic E-state index is 11.3. The van der Waals surface area contributed by atoms with E-state index in [0.29, 0.717) is 16.5 Å². The van der Waals surface area contributed by atoms with Crippen LogP contribution in [-0.2, 0) is 12.8 Å². The zero-order chi connectivity index (χ0) is 15.4. The summed E-state index contributed by atoms with van der Waals surface area (Å²) >= 11 is 1.25. The van der Waals surface area contributed by atoms with E-state index in [1.807, 2.05) is 12.1 Å². The highest BCUT2D eigenvalue weighted by Crippen LogP contribution is 2.21. The third-order valence-corrected chi connectivity index (χ3v) is 3.78. The van der Waals surface area contributed by atoms with Gasteiger partial charge in [-0.25, -0.2) is 0 Å². The SMILES string of the molecule is Cn1[nH]c(=O)c(=O)nc1SCc1ccccc1/C(N)=N/O. The smallest absolute Gasteiger partial charge is 0.339 e. The Kier molecular flexibility index (Phi) is 4.43. The molecular weight excluding hydrogens is 294 g/mol. The van der Waals surface area contributed by atoms with Crippen molar-refractivity contribution in [3.8, 4) is 0 Å². The Morgan fingerprint density at radius 2 is 2.19 bits per heavy atom. The van der Waals surface area contributed by atoms with Gasteiger partial charge in [-0.15, -0.1) is 0 Å². The van der Waals surface area contributed by atoms with Gasteiger partial charge in [-0.1, -0.05) is 41.2 Å². The summed E-state index contributed by atoms with van der Waals surface area (Å²) in [7, 11) is 1.59. The minimum Gasteiger partial charge on any atom is -0.409 e. The summed E-state index contributed by atoms with van der Waals surface area (Å²) in [6.45, 7) is 0. The summed E-state index contributed by atoms with van der Waals surface area (Å²) in [5.74, 6) is 0.452. The lowest BCUT2D eigenvalue weighted by atomic mass is 10.1. The third kappa shape index (κ3) is 3.31. The molecule has 0 fully saturated rings. The van der Waals surface area contributed by atoms with Crippen LogP contribution in [0.5, 0.6) is 0 Å². The quantitative estimate of drug-likeness (QED) is 0.180. The van der Waals surface area contributed by atoms with Crippen LogP contribution in [0.25, 0.3) is 0 Å². The van der Waals surface area contributed by atoms with Crippen molar-refractivity contribution in [3.63, 3.8) is 0 Å². The normalized spacial score (nSPS) is 11.6. The predicted molar refractivity (Wildman–Crippen MR) is 78.6 cm³/mol. The van der Waals surface area contributed by atoms with Gasteiger partial charge in [0.05, 0.1) is 0 Å². The van der Waals surface area contributed by atoms with Crippen molar-refractivity contribution in [1.29, 1.82) is 0 Å². The van der Waals surface area contributed by atoms with Gasteiger partial charge in [-0.2, -0.15) is 4.98 Å². The van der Waals surface area contributed by atoms with E-state index < -0.39 is 11.1 Å². The summed E-state index contributed by atoms with van der Waals surface area (Å²) in [5, 5.41) is 14.5. The number of nitrogens with zero attached hydrogens (tertiary/aromatic N) is 3. The van der Waals surface area contributed by atoms with Crippen molar-refractivity contribution in [2.75, 3.05) is 0 Å². The van der Waals surface area contributed by atoms with Crippen LogP contribution >= 0.6 is 11.8 Å². The number of nitrogens with one attached hydrogen (secondary N) is 1. The lowest BCUT2D eigenvalue weighted by molar-refractivity contribution is 0.318. The van der Waals surface area contributed by atoms with E-state index in [0.717, 1.165) is 5.56 Å². The van der Waals surface area contributed by atoms with Crippen molar-refractivity contribution in [1.82, 2.24) is 14.8 Å². The first-order valence-electron chi connectivity index (χ1n) is 5.89. The fourth-order valence-electron chi connectivity index (χ4n) is 1.68. The number of aromatic amines is 1. The molecule has 2 rings (SSSR count). The molecule has 0 spiro atoms. The van der Waals surface area contributed by atoms with Gasteiger partial charge in [0.25, 0.3) is 0 Å².